The number of thiophene rings is 1. The predicted octanol–water partition coefficient (Wildman–Crippen LogP) is 2.75. The largest absolute Gasteiger partial charge is 0.371 e. The molecule has 0 saturated heterocycles. The minimum Gasteiger partial charge on any atom is -0.371 e. The Hall–Kier alpha value is -0.450. The van der Waals surface area contributed by atoms with E-state index >= 15 is 0 Å². The highest BCUT2D eigenvalue weighted by molar-refractivity contribution is 7.10. The molecule has 1 unspecified atom stereocenters. The van der Waals surface area contributed by atoms with Gasteiger partial charge in [-0.1, -0.05) is 13.8 Å². The molecular weight excluding hydrogens is 213 g/mol. The summed E-state index contributed by atoms with van der Waals surface area (Å²) in [6, 6.07) is 1.63. The third-order valence-electron chi connectivity index (χ3n) is 2.18. The summed E-state index contributed by atoms with van der Waals surface area (Å²) in [4.78, 5) is 1.05. The van der Waals surface area contributed by atoms with Crippen molar-refractivity contribution in [2.24, 2.45) is 0 Å². The summed E-state index contributed by atoms with van der Waals surface area (Å²) in [6.45, 7) is 5.46. The van der Waals surface area contributed by atoms with Crippen LogP contribution in [0.3, 0.4) is 0 Å². The number of fused-ring (bicyclic) bond motifs is 1. The maximum Gasteiger partial charge on any atom is 0.177 e. The second-order valence-corrected chi connectivity index (χ2v) is 4.14. The zero-order chi connectivity index (χ0) is 11.3. The molecule has 0 aliphatic carbocycles. The first-order valence-electron chi connectivity index (χ1n) is 5.35. The zero-order valence-electron chi connectivity index (χ0n) is 9.47. The van der Waals surface area contributed by atoms with Gasteiger partial charge in [-0.2, -0.15) is 4.39 Å². The van der Waals surface area contributed by atoms with Crippen molar-refractivity contribution in [1.29, 1.82) is 0 Å². The minimum absolute atomic E-state index is 0.0447. The van der Waals surface area contributed by atoms with Gasteiger partial charge in [-0.25, -0.2) is 0 Å². The molecule has 4 heteroatoms. The molecule has 2 rings (SSSR count). The van der Waals surface area contributed by atoms with Crippen molar-refractivity contribution in [3.63, 3.8) is 0 Å². The molecule has 0 aromatic carbocycles. The summed E-state index contributed by atoms with van der Waals surface area (Å²) in [5, 5.41) is 2.95. The van der Waals surface area contributed by atoms with Crippen molar-refractivity contribution in [2.45, 2.75) is 26.4 Å². The van der Waals surface area contributed by atoms with Crippen LogP contribution in [-0.2, 0) is 11.2 Å². The average molecular weight is 231 g/mol. The summed E-state index contributed by atoms with van der Waals surface area (Å²) < 4.78 is 18.5. The van der Waals surface area contributed by atoms with Crippen LogP contribution in [0.5, 0.6) is 0 Å². The Labute approximate surface area is 94.5 Å². The molecule has 0 spiro atoms. The van der Waals surface area contributed by atoms with E-state index in [2.05, 4.69) is 5.32 Å². The van der Waals surface area contributed by atoms with Gasteiger partial charge in [-0.05, 0) is 25.1 Å². The number of likely N-dealkylation sites (N-methyl/N-ethyl adjacent to an activating group) is 1. The number of hydrogen-bond acceptors (Lipinski definition) is 3. The van der Waals surface area contributed by atoms with Gasteiger partial charge < -0.3 is 10.1 Å². The molecule has 1 atom stereocenters. The highest BCUT2D eigenvalue weighted by atomic mass is 32.1. The molecule has 0 saturated carbocycles. The maximum absolute atomic E-state index is 12.9. The number of nitrogens with one attached hydrogen (secondary N) is 1. The Balaban J connectivity index is 0.000000531. The highest BCUT2D eigenvalue weighted by Gasteiger charge is 2.23. The van der Waals surface area contributed by atoms with Crippen molar-refractivity contribution >= 4 is 11.3 Å². The zero-order valence-corrected chi connectivity index (χ0v) is 10.3. The molecular formula is C11H18FNOS. The monoisotopic (exact) mass is 231 g/mol. The van der Waals surface area contributed by atoms with Gasteiger partial charge >= 0.3 is 0 Å². The number of ether oxygens (including phenoxy) is 1. The Morgan fingerprint density at radius 1 is 1.60 bits per heavy atom. The number of halogens is 1. The summed E-state index contributed by atoms with van der Waals surface area (Å²) in [5.74, 6) is 0. The molecule has 15 heavy (non-hydrogen) atoms. The van der Waals surface area contributed by atoms with Gasteiger partial charge in [0.2, 0.25) is 0 Å². The van der Waals surface area contributed by atoms with E-state index in [-0.39, 0.29) is 11.2 Å². The lowest BCUT2D eigenvalue weighted by Crippen LogP contribution is -2.23. The molecule has 1 N–H and O–H groups in total. The molecule has 1 aromatic heterocycles. The van der Waals surface area contributed by atoms with E-state index in [0.29, 0.717) is 6.61 Å². The number of rotatable bonds is 2. The van der Waals surface area contributed by atoms with Crippen LogP contribution in [0.4, 0.5) is 4.39 Å². The van der Waals surface area contributed by atoms with Gasteiger partial charge in [0.15, 0.2) is 5.13 Å². The van der Waals surface area contributed by atoms with E-state index in [0.717, 1.165) is 23.4 Å². The van der Waals surface area contributed by atoms with Gasteiger partial charge in [-0.3, -0.25) is 0 Å². The van der Waals surface area contributed by atoms with Gasteiger partial charge in [0.25, 0.3) is 0 Å². The fourth-order valence-electron chi connectivity index (χ4n) is 1.60. The Morgan fingerprint density at radius 2 is 2.33 bits per heavy atom. The van der Waals surface area contributed by atoms with Crippen LogP contribution >= 0.6 is 11.3 Å². The molecule has 0 radical (unpaired) electrons. The molecule has 1 aromatic rings. The SMILES string of the molecule is CC.CNCC1OCCc2cc(F)sc21. The molecule has 1 aliphatic rings. The van der Waals surface area contributed by atoms with E-state index in [1.165, 1.54) is 11.3 Å². The van der Waals surface area contributed by atoms with Crippen molar-refractivity contribution < 1.29 is 9.13 Å². The highest BCUT2D eigenvalue weighted by Crippen LogP contribution is 2.33. The lowest BCUT2D eigenvalue weighted by atomic mass is 10.1. The smallest absolute Gasteiger partial charge is 0.177 e. The second-order valence-electron chi connectivity index (χ2n) is 3.11. The van der Waals surface area contributed by atoms with E-state index in [1.807, 2.05) is 20.9 Å². The fourth-order valence-corrected chi connectivity index (χ4v) is 2.59. The van der Waals surface area contributed by atoms with Crippen LogP contribution in [0.25, 0.3) is 0 Å². The van der Waals surface area contributed by atoms with Crippen molar-refractivity contribution in [1.82, 2.24) is 5.32 Å². The lowest BCUT2D eigenvalue weighted by Gasteiger charge is -2.22. The standard InChI is InChI=1S/C9H12FNOS.C2H6/c1-11-5-7-9-6(2-3-12-7)4-8(10)13-9;1-2/h4,7,11H,2-3,5H2,1H3;1-2H3. The third-order valence-corrected chi connectivity index (χ3v) is 3.24. The van der Waals surface area contributed by atoms with E-state index < -0.39 is 0 Å². The van der Waals surface area contributed by atoms with Crippen LogP contribution < -0.4 is 5.32 Å². The summed E-state index contributed by atoms with van der Waals surface area (Å²) in [6.07, 6.45) is 0.888. The van der Waals surface area contributed by atoms with Gasteiger partial charge in [-0.15, -0.1) is 11.3 Å². The van der Waals surface area contributed by atoms with Gasteiger partial charge in [0.05, 0.1) is 6.61 Å². The first-order valence-corrected chi connectivity index (χ1v) is 6.17. The maximum atomic E-state index is 12.9. The molecule has 1 aliphatic heterocycles. The van der Waals surface area contributed by atoms with Crippen LogP contribution in [0, 0.1) is 5.13 Å². The van der Waals surface area contributed by atoms with Crippen LogP contribution in [0.15, 0.2) is 6.07 Å². The normalized spacial score (nSPS) is 19.1. The van der Waals surface area contributed by atoms with Crippen molar-refractivity contribution in [2.75, 3.05) is 20.2 Å². The van der Waals surface area contributed by atoms with Crippen molar-refractivity contribution in [3.8, 4) is 0 Å². The number of hydrogen-bond donors (Lipinski definition) is 1. The van der Waals surface area contributed by atoms with Crippen LogP contribution in [0.1, 0.15) is 30.4 Å². The summed E-state index contributed by atoms with van der Waals surface area (Å²) in [7, 11) is 1.88. The molecule has 0 bridgehead atoms. The van der Waals surface area contributed by atoms with E-state index in [4.69, 9.17) is 4.74 Å². The Kier molecular flexibility index (Phi) is 5.22. The quantitative estimate of drug-likeness (QED) is 0.845. The summed E-state index contributed by atoms with van der Waals surface area (Å²) >= 11 is 1.21. The second kappa shape index (κ2) is 6.20. The minimum atomic E-state index is -0.100. The first kappa shape index (κ1) is 12.6. The molecule has 2 heterocycles. The predicted molar refractivity (Wildman–Crippen MR) is 61.9 cm³/mol. The Bertz CT molecular complexity index is 301. The van der Waals surface area contributed by atoms with E-state index in [9.17, 15) is 4.39 Å². The molecule has 2 nitrogen and oxygen atoms in total. The summed E-state index contributed by atoms with van der Waals surface area (Å²) in [5.41, 5.74) is 1.12. The third kappa shape index (κ3) is 3.00. The first-order chi connectivity index (χ1) is 7.31. The lowest BCUT2D eigenvalue weighted by molar-refractivity contribution is 0.0469. The van der Waals surface area contributed by atoms with Gasteiger partial charge in [0.1, 0.15) is 6.10 Å². The van der Waals surface area contributed by atoms with Gasteiger partial charge in [0, 0.05) is 11.4 Å². The van der Waals surface area contributed by atoms with Crippen LogP contribution in [0.2, 0.25) is 0 Å². The van der Waals surface area contributed by atoms with Crippen LogP contribution in [-0.4, -0.2) is 20.2 Å². The molecule has 0 fully saturated rings. The molecule has 0 amide bonds. The Morgan fingerprint density at radius 3 is 3.00 bits per heavy atom. The fraction of sp³-hybridized carbons (Fsp3) is 0.636. The van der Waals surface area contributed by atoms with Crippen molar-refractivity contribution in [3.05, 3.63) is 21.6 Å². The molecule has 86 valence electrons. The van der Waals surface area contributed by atoms with E-state index in [1.54, 1.807) is 6.07 Å². The average Bonchev–Trinajstić information content (AvgIpc) is 2.63. The topological polar surface area (TPSA) is 21.3 Å².